The number of nitrogen functional groups attached to an aromatic ring is 1. The van der Waals surface area contributed by atoms with E-state index in [-0.39, 0.29) is 6.10 Å². The minimum absolute atomic E-state index is 0.152. The molecule has 0 aromatic heterocycles. The SMILES string of the molecule is CCOc1cc(N)cc(NCC2Cc3ccccc3O2)c1. The topological polar surface area (TPSA) is 56.5 Å². The van der Waals surface area contributed by atoms with E-state index in [9.17, 15) is 0 Å². The number of ether oxygens (including phenoxy) is 2. The summed E-state index contributed by atoms with van der Waals surface area (Å²) < 4.78 is 11.4. The Labute approximate surface area is 124 Å². The van der Waals surface area contributed by atoms with E-state index in [0.29, 0.717) is 12.3 Å². The minimum atomic E-state index is 0.152. The van der Waals surface area contributed by atoms with Crippen LogP contribution in [-0.2, 0) is 6.42 Å². The summed E-state index contributed by atoms with van der Waals surface area (Å²) in [4.78, 5) is 0. The van der Waals surface area contributed by atoms with Gasteiger partial charge in [-0.1, -0.05) is 18.2 Å². The highest BCUT2D eigenvalue weighted by atomic mass is 16.5. The summed E-state index contributed by atoms with van der Waals surface area (Å²) >= 11 is 0. The van der Waals surface area contributed by atoms with Crippen molar-refractivity contribution in [2.45, 2.75) is 19.4 Å². The van der Waals surface area contributed by atoms with Gasteiger partial charge >= 0.3 is 0 Å². The Hall–Kier alpha value is -2.36. The lowest BCUT2D eigenvalue weighted by Crippen LogP contribution is -2.24. The molecule has 4 nitrogen and oxygen atoms in total. The van der Waals surface area contributed by atoms with Crippen LogP contribution in [0.15, 0.2) is 42.5 Å². The molecule has 0 amide bonds. The average Bonchev–Trinajstić information content (AvgIpc) is 2.88. The highest BCUT2D eigenvalue weighted by Gasteiger charge is 2.21. The Balaban J connectivity index is 1.61. The van der Waals surface area contributed by atoms with Crippen LogP contribution in [-0.4, -0.2) is 19.3 Å². The molecule has 3 N–H and O–H groups in total. The molecule has 1 atom stereocenters. The molecule has 1 heterocycles. The van der Waals surface area contributed by atoms with Crippen molar-refractivity contribution in [2.75, 3.05) is 24.2 Å². The number of para-hydroxylation sites is 1. The van der Waals surface area contributed by atoms with Crippen molar-refractivity contribution in [2.24, 2.45) is 0 Å². The first-order valence-corrected chi connectivity index (χ1v) is 7.26. The van der Waals surface area contributed by atoms with Crippen molar-refractivity contribution in [3.8, 4) is 11.5 Å². The largest absolute Gasteiger partial charge is 0.494 e. The van der Waals surface area contributed by atoms with Gasteiger partial charge < -0.3 is 20.5 Å². The van der Waals surface area contributed by atoms with Gasteiger partial charge in [0.05, 0.1) is 13.2 Å². The van der Waals surface area contributed by atoms with Crippen LogP contribution in [0.1, 0.15) is 12.5 Å². The molecule has 1 aliphatic rings. The molecule has 0 aliphatic carbocycles. The lowest BCUT2D eigenvalue weighted by Gasteiger charge is -2.14. The van der Waals surface area contributed by atoms with Gasteiger partial charge in [0.25, 0.3) is 0 Å². The molecule has 0 fully saturated rings. The number of rotatable bonds is 5. The van der Waals surface area contributed by atoms with Crippen LogP contribution in [0.2, 0.25) is 0 Å². The first-order chi connectivity index (χ1) is 10.2. The quantitative estimate of drug-likeness (QED) is 0.828. The fourth-order valence-corrected chi connectivity index (χ4v) is 2.57. The summed E-state index contributed by atoms with van der Waals surface area (Å²) in [6.45, 7) is 3.33. The molecule has 0 saturated heterocycles. The van der Waals surface area contributed by atoms with Gasteiger partial charge in [0.1, 0.15) is 17.6 Å². The van der Waals surface area contributed by atoms with Crippen LogP contribution in [0.3, 0.4) is 0 Å². The summed E-state index contributed by atoms with van der Waals surface area (Å²) in [5, 5.41) is 3.38. The molecule has 4 heteroatoms. The second-order valence-corrected chi connectivity index (χ2v) is 5.16. The average molecular weight is 284 g/mol. The first-order valence-electron chi connectivity index (χ1n) is 7.26. The van der Waals surface area contributed by atoms with Gasteiger partial charge in [-0.2, -0.15) is 0 Å². The van der Waals surface area contributed by atoms with Crippen molar-refractivity contribution >= 4 is 11.4 Å². The molecule has 0 spiro atoms. The maximum atomic E-state index is 5.91. The molecule has 1 unspecified atom stereocenters. The Morgan fingerprint density at radius 2 is 2.14 bits per heavy atom. The van der Waals surface area contributed by atoms with Gasteiger partial charge in [-0.05, 0) is 24.6 Å². The van der Waals surface area contributed by atoms with Gasteiger partial charge in [-0.25, -0.2) is 0 Å². The number of fused-ring (bicyclic) bond motifs is 1. The lowest BCUT2D eigenvalue weighted by atomic mass is 10.1. The summed E-state index contributed by atoms with van der Waals surface area (Å²) in [6.07, 6.45) is 1.09. The molecule has 0 saturated carbocycles. The van der Waals surface area contributed by atoms with E-state index in [1.165, 1.54) is 5.56 Å². The molecule has 0 bridgehead atoms. The van der Waals surface area contributed by atoms with E-state index in [4.69, 9.17) is 15.2 Å². The van der Waals surface area contributed by atoms with Gasteiger partial charge in [-0.3, -0.25) is 0 Å². The maximum Gasteiger partial charge on any atom is 0.123 e. The molecule has 0 radical (unpaired) electrons. The molecule has 2 aromatic rings. The van der Waals surface area contributed by atoms with Crippen LogP contribution in [0.5, 0.6) is 11.5 Å². The molecule has 110 valence electrons. The van der Waals surface area contributed by atoms with Crippen molar-refractivity contribution in [1.29, 1.82) is 0 Å². The normalized spacial score (nSPS) is 16.1. The zero-order chi connectivity index (χ0) is 14.7. The summed E-state index contributed by atoms with van der Waals surface area (Å²) in [5.41, 5.74) is 8.81. The predicted octanol–water partition coefficient (Wildman–Crippen LogP) is 3.08. The fraction of sp³-hybridized carbons (Fsp3) is 0.294. The number of nitrogens with two attached hydrogens (primary N) is 1. The monoisotopic (exact) mass is 284 g/mol. The van der Waals surface area contributed by atoms with Crippen LogP contribution in [0.4, 0.5) is 11.4 Å². The number of nitrogens with one attached hydrogen (secondary N) is 1. The predicted molar refractivity (Wildman–Crippen MR) is 85.1 cm³/mol. The zero-order valence-electron chi connectivity index (χ0n) is 12.1. The van der Waals surface area contributed by atoms with Crippen molar-refractivity contribution < 1.29 is 9.47 Å². The molecule has 3 rings (SSSR count). The number of hydrogen-bond donors (Lipinski definition) is 2. The summed E-state index contributed by atoms with van der Waals surface area (Å²) in [6, 6.07) is 13.9. The standard InChI is InChI=1S/C17H20N2O2/c1-2-20-15-9-13(18)8-14(10-15)19-11-16-7-12-5-3-4-6-17(12)21-16/h3-6,8-10,16,19H,2,7,11,18H2,1H3. The summed E-state index contributed by atoms with van der Waals surface area (Å²) in [7, 11) is 0. The highest BCUT2D eigenvalue weighted by molar-refractivity contribution is 5.59. The van der Waals surface area contributed by atoms with Gasteiger partial charge in [0, 0.05) is 29.9 Å². The smallest absolute Gasteiger partial charge is 0.123 e. The second-order valence-electron chi connectivity index (χ2n) is 5.16. The van der Waals surface area contributed by atoms with Crippen LogP contribution in [0, 0.1) is 0 Å². The Kier molecular flexibility index (Phi) is 3.86. The maximum absolute atomic E-state index is 5.91. The van der Waals surface area contributed by atoms with E-state index >= 15 is 0 Å². The van der Waals surface area contributed by atoms with E-state index in [1.807, 2.05) is 43.3 Å². The summed E-state index contributed by atoms with van der Waals surface area (Å²) in [5.74, 6) is 1.78. The fourth-order valence-electron chi connectivity index (χ4n) is 2.57. The third kappa shape index (κ3) is 3.21. The second kappa shape index (κ2) is 5.95. The van der Waals surface area contributed by atoms with Crippen LogP contribution in [0.25, 0.3) is 0 Å². The Morgan fingerprint density at radius 3 is 2.95 bits per heavy atom. The number of hydrogen-bond acceptors (Lipinski definition) is 4. The third-order valence-corrected chi connectivity index (χ3v) is 3.49. The first kappa shape index (κ1) is 13.6. The molecular formula is C17H20N2O2. The van der Waals surface area contributed by atoms with E-state index < -0.39 is 0 Å². The van der Waals surface area contributed by atoms with Crippen molar-refractivity contribution in [3.05, 3.63) is 48.0 Å². The molecule has 21 heavy (non-hydrogen) atoms. The van der Waals surface area contributed by atoms with E-state index in [2.05, 4.69) is 11.4 Å². The van der Waals surface area contributed by atoms with Gasteiger partial charge in [0.15, 0.2) is 0 Å². The highest BCUT2D eigenvalue weighted by Crippen LogP contribution is 2.29. The van der Waals surface area contributed by atoms with Gasteiger partial charge in [-0.15, -0.1) is 0 Å². The van der Waals surface area contributed by atoms with Gasteiger partial charge in [0.2, 0.25) is 0 Å². The third-order valence-electron chi connectivity index (χ3n) is 3.49. The van der Waals surface area contributed by atoms with Crippen molar-refractivity contribution in [1.82, 2.24) is 0 Å². The Morgan fingerprint density at radius 1 is 1.29 bits per heavy atom. The lowest BCUT2D eigenvalue weighted by molar-refractivity contribution is 0.246. The number of benzene rings is 2. The molecular weight excluding hydrogens is 264 g/mol. The molecule has 1 aliphatic heterocycles. The number of anilines is 2. The van der Waals surface area contributed by atoms with Crippen LogP contribution < -0.4 is 20.5 Å². The molecule has 2 aromatic carbocycles. The van der Waals surface area contributed by atoms with E-state index in [0.717, 1.165) is 30.2 Å². The van der Waals surface area contributed by atoms with Crippen LogP contribution >= 0.6 is 0 Å². The van der Waals surface area contributed by atoms with Crippen molar-refractivity contribution in [3.63, 3.8) is 0 Å². The Bertz CT molecular complexity index is 603. The zero-order valence-corrected chi connectivity index (χ0v) is 12.1. The van der Waals surface area contributed by atoms with E-state index in [1.54, 1.807) is 0 Å². The minimum Gasteiger partial charge on any atom is -0.494 e.